The molecule has 2 rings (SSSR count). The summed E-state index contributed by atoms with van der Waals surface area (Å²) in [6, 6.07) is 5.18. The first-order valence-electron chi connectivity index (χ1n) is 5.47. The van der Waals surface area contributed by atoms with Crippen LogP contribution in [0.2, 0.25) is 5.02 Å². The highest BCUT2D eigenvalue weighted by molar-refractivity contribution is 9.10. The Morgan fingerprint density at radius 3 is 2.83 bits per heavy atom. The van der Waals surface area contributed by atoms with Crippen molar-refractivity contribution >= 4 is 33.4 Å². The topological polar surface area (TPSA) is 20.3 Å². The van der Waals surface area contributed by atoms with Gasteiger partial charge >= 0.3 is 0 Å². The number of alkyl halides is 2. The number of carbonyl (C=O) groups is 1. The van der Waals surface area contributed by atoms with Gasteiger partial charge in [0.05, 0.1) is 18.0 Å². The van der Waals surface area contributed by atoms with E-state index in [4.69, 9.17) is 11.6 Å². The van der Waals surface area contributed by atoms with Gasteiger partial charge in [-0.15, -0.1) is 0 Å². The maximum Gasteiger partial charge on any atom is 0.267 e. The summed E-state index contributed by atoms with van der Waals surface area (Å²) in [5, 5.41) is 0.507. The lowest BCUT2D eigenvalue weighted by molar-refractivity contribution is -0.130. The van der Waals surface area contributed by atoms with Crippen LogP contribution in [0.15, 0.2) is 22.7 Å². The lowest BCUT2D eigenvalue weighted by Gasteiger charge is -2.16. The van der Waals surface area contributed by atoms with Crippen LogP contribution in [-0.2, 0) is 11.2 Å². The molecule has 1 heterocycles. The molecule has 0 aliphatic carbocycles. The van der Waals surface area contributed by atoms with Gasteiger partial charge in [0.2, 0.25) is 5.91 Å². The highest BCUT2D eigenvalue weighted by Gasteiger charge is 2.40. The average Bonchev–Trinajstić information content (AvgIpc) is 2.65. The predicted octanol–water partition coefficient (Wildman–Crippen LogP) is 3.51. The molecule has 0 bridgehead atoms. The van der Waals surface area contributed by atoms with Gasteiger partial charge in [0.15, 0.2) is 0 Å². The lowest BCUT2D eigenvalue weighted by Crippen LogP contribution is -2.32. The monoisotopic (exact) mass is 337 g/mol. The number of carbonyl (C=O) groups excluding carboxylic acids is 1. The first-order valence-corrected chi connectivity index (χ1v) is 6.65. The normalized spacial score (nSPS) is 18.1. The summed E-state index contributed by atoms with van der Waals surface area (Å²) in [5.41, 5.74) is 0.711. The van der Waals surface area contributed by atoms with Crippen molar-refractivity contribution in [3.63, 3.8) is 0 Å². The van der Waals surface area contributed by atoms with Crippen LogP contribution < -0.4 is 0 Å². The highest BCUT2D eigenvalue weighted by atomic mass is 79.9. The first kappa shape index (κ1) is 13.7. The third-order valence-electron chi connectivity index (χ3n) is 2.90. The van der Waals surface area contributed by atoms with Gasteiger partial charge in [-0.2, -0.15) is 0 Å². The first-order chi connectivity index (χ1) is 8.39. The highest BCUT2D eigenvalue weighted by Crippen LogP contribution is 2.29. The zero-order valence-electron chi connectivity index (χ0n) is 9.43. The van der Waals surface area contributed by atoms with E-state index in [-0.39, 0.29) is 25.3 Å². The van der Waals surface area contributed by atoms with Crippen LogP contribution in [0.3, 0.4) is 0 Å². The zero-order chi connectivity index (χ0) is 13.3. The maximum absolute atomic E-state index is 13.0. The molecule has 1 aliphatic rings. The molecule has 1 amide bonds. The fraction of sp³-hybridized carbons (Fsp3) is 0.417. The van der Waals surface area contributed by atoms with Crippen LogP contribution in [0, 0.1) is 0 Å². The number of hydrogen-bond donors (Lipinski definition) is 0. The Hall–Kier alpha value is -0.680. The van der Waals surface area contributed by atoms with Gasteiger partial charge in [-0.3, -0.25) is 4.79 Å². The van der Waals surface area contributed by atoms with E-state index in [1.807, 2.05) is 0 Å². The minimum absolute atomic E-state index is 0.0806. The average molecular weight is 339 g/mol. The largest absolute Gasteiger partial charge is 0.336 e. The molecule has 1 aliphatic heterocycles. The number of amides is 1. The molecule has 0 aromatic heterocycles. The van der Waals surface area contributed by atoms with Crippen molar-refractivity contribution in [3.8, 4) is 0 Å². The molecule has 0 radical (unpaired) electrons. The minimum Gasteiger partial charge on any atom is -0.336 e. The molecule has 0 spiro atoms. The fourth-order valence-electron chi connectivity index (χ4n) is 1.91. The molecule has 1 fully saturated rings. The molecular weight excluding hydrogens is 327 g/mol. The molecule has 0 atom stereocenters. The SMILES string of the molecule is O=C(Cc1cccc(Cl)c1Br)N1CCC(F)(F)C1. The van der Waals surface area contributed by atoms with Gasteiger partial charge in [0, 0.05) is 17.4 Å². The molecule has 1 aromatic rings. The van der Waals surface area contributed by atoms with E-state index in [1.165, 1.54) is 4.90 Å². The van der Waals surface area contributed by atoms with Crippen LogP contribution in [0.1, 0.15) is 12.0 Å². The summed E-state index contributed by atoms with van der Waals surface area (Å²) in [5.74, 6) is -3.04. The van der Waals surface area contributed by atoms with Crippen LogP contribution >= 0.6 is 27.5 Å². The van der Waals surface area contributed by atoms with E-state index in [0.717, 1.165) is 0 Å². The van der Waals surface area contributed by atoms with Crippen LogP contribution in [0.5, 0.6) is 0 Å². The molecule has 1 aromatic carbocycles. The number of hydrogen-bond acceptors (Lipinski definition) is 1. The van der Waals surface area contributed by atoms with Gasteiger partial charge in [0.25, 0.3) is 5.92 Å². The van der Waals surface area contributed by atoms with Crippen molar-refractivity contribution in [1.29, 1.82) is 0 Å². The van der Waals surface area contributed by atoms with Crippen molar-refractivity contribution < 1.29 is 13.6 Å². The number of rotatable bonds is 2. The Morgan fingerprint density at radius 1 is 1.50 bits per heavy atom. The second-order valence-electron chi connectivity index (χ2n) is 4.31. The van der Waals surface area contributed by atoms with Crippen molar-refractivity contribution in [2.75, 3.05) is 13.1 Å². The second kappa shape index (κ2) is 5.13. The Balaban J connectivity index is 2.06. The third-order valence-corrected chi connectivity index (χ3v) is 4.38. The van der Waals surface area contributed by atoms with Gasteiger partial charge in [-0.05, 0) is 27.6 Å². The Labute approximate surface area is 117 Å². The van der Waals surface area contributed by atoms with Crippen molar-refractivity contribution in [1.82, 2.24) is 4.90 Å². The summed E-state index contributed by atoms with van der Waals surface area (Å²) in [6.07, 6.45) is -0.174. The van der Waals surface area contributed by atoms with E-state index < -0.39 is 12.5 Å². The summed E-state index contributed by atoms with van der Waals surface area (Å²) >= 11 is 9.20. The second-order valence-corrected chi connectivity index (χ2v) is 5.51. The van der Waals surface area contributed by atoms with E-state index in [1.54, 1.807) is 18.2 Å². The molecule has 6 heteroatoms. The van der Waals surface area contributed by atoms with E-state index in [0.29, 0.717) is 15.1 Å². The maximum atomic E-state index is 13.0. The molecule has 0 saturated carbocycles. The fourth-order valence-corrected chi connectivity index (χ4v) is 2.51. The van der Waals surface area contributed by atoms with Gasteiger partial charge in [-0.25, -0.2) is 8.78 Å². The molecule has 1 saturated heterocycles. The van der Waals surface area contributed by atoms with Gasteiger partial charge < -0.3 is 4.90 Å². The van der Waals surface area contributed by atoms with E-state index in [9.17, 15) is 13.6 Å². The predicted molar refractivity (Wildman–Crippen MR) is 69.0 cm³/mol. The molecular formula is C12H11BrClF2NO. The summed E-state index contributed by atoms with van der Waals surface area (Å²) < 4.78 is 26.7. The van der Waals surface area contributed by atoms with Crippen LogP contribution in [0.4, 0.5) is 8.78 Å². The van der Waals surface area contributed by atoms with Crippen molar-refractivity contribution in [2.24, 2.45) is 0 Å². The van der Waals surface area contributed by atoms with E-state index >= 15 is 0 Å². The Kier molecular flexibility index (Phi) is 3.92. The van der Waals surface area contributed by atoms with Crippen LogP contribution in [0.25, 0.3) is 0 Å². The smallest absolute Gasteiger partial charge is 0.267 e. The standard InChI is InChI=1S/C12H11BrClF2NO/c13-11-8(2-1-3-9(11)14)6-10(18)17-5-4-12(15,16)7-17/h1-3H,4-7H2. The third kappa shape index (κ3) is 3.01. The molecule has 0 unspecified atom stereocenters. The quantitative estimate of drug-likeness (QED) is 0.808. The van der Waals surface area contributed by atoms with Gasteiger partial charge in [0.1, 0.15) is 0 Å². The minimum atomic E-state index is -2.75. The molecule has 0 N–H and O–H groups in total. The number of halogens is 4. The van der Waals surface area contributed by atoms with Crippen molar-refractivity contribution in [3.05, 3.63) is 33.3 Å². The zero-order valence-corrected chi connectivity index (χ0v) is 11.8. The Bertz CT molecular complexity index is 481. The number of likely N-dealkylation sites (tertiary alicyclic amines) is 1. The number of nitrogens with zero attached hydrogens (tertiary/aromatic N) is 1. The summed E-state index contributed by atoms with van der Waals surface area (Å²) in [4.78, 5) is 13.1. The molecule has 98 valence electrons. The molecule has 18 heavy (non-hydrogen) atoms. The van der Waals surface area contributed by atoms with E-state index in [2.05, 4.69) is 15.9 Å². The summed E-state index contributed by atoms with van der Waals surface area (Å²) in [6.45, 7) is -0.367. The van der Waals surface area contributed by atoms with Crippen LogP contribution in [-0.4, -0.2) is 29.8 Å². The van der Waals surface area contributed by atoms with Crippen molar-refractivity contribution in [2.45, 2.75) is 18.8 Å². The van der Waals surface area contributed by atoms with Gasteiger partial charge in [-0.1, -0.05) is 23.7 Å². The molecule has 2 nitrogen and oxygen atoms in total. The lowest BCUT2D eigenvalue weighted by atomic mass is 10.1. The Morgan fingerprint density at radius 2 is 2.22 bits per heavy atom. The number of benzene rings is 1. The summed E-state index contributed by atoms with van der Waals surface area (Å²) in [7, 11) is 0.